The minimum atomic E-state index is -1.67. The molecule has 26 heavy (non-hydrogen) atoms. The molecule has 0 spiro atoms. The zero-order chi connectivity index (χ0) is 19.5. The lowest BCUT2D eigenvalue weighted by molar-refractivity contribution is -0.394. The summed E-state index contributed by atoms with van der Waals surface area (Å²) >= 11 is 0. The number of fused-ring (bicyclic) bond motifs is 2. The van der Waals surface area contributed by atoms with E-state index in [-0.39, 0.29) is 13.2 Å². The molecule has 0 aliphatic carbocycles. The summed E-state index contributed by atoms with van der Waals surface area (Å²) in [4.78, 5) is 46.0. The highest BCUT2D eigenvalue weighted by molar-refractivity contribution is 5.68. The molecule has 2 bridgehead atoms. The quantitative estimate of drug-likeness (QED) is 0.474. The Bertz CT molecular complexity index is 588. The smallest absolute Gasteiger partial charge is 0.303 e. The van der Waals surface area contributed by atoms with E-state index in [0.717, 1.165) is 6.92 Å². The molecule has 0 aromatic carbocycles. The third-order valence-corrected chi connectivity index (χ3v) is 3.90. The number of ether oxygens (including phenoxy) is 6. The van der Waals surface area contributed by atoms with Crippen molar-refractivity contribution >= 4 is 23.9 Å². The monoisotopic (exact) mass is 374 g/mol. The summed E-state index contributed by atoms with van der Waals surface area (Å²) in [6.45, 7) is 4.51. The van der Waals surface area contributed by atoms with Gasteiger partial charge in [-0.05, 0) is 0 Å². The first kappa shape index (κ1) is 20.1. The maximum absolute atomic E-state index is 11.6. The van der Waals surface area contributed by atoms with Gasteiger partial charge in [-0.3, -0.25) is 19.2 Å². The Morgan fingerprint density at radius 2 is 1.46 bits per heavy atom. The molecule has 146 valence electrons. The summed E-state index contributed by atoms with van der Waals surface area (Å²) in [7, 11) is 0. The maximum atomic E-state index is 11.6. The van der Waals surface area contributed by atoms with Gasteiger partial charge in [0.2, 0.25) is 5.79 Å². The predicted molar refractivity (Wildman–Crippen MR) is 81.5 cm³/mol. The van der Waals surface area contributed by atoms with Crippen LogP contribution in [0.3, 0.4) is 0 Å². The van der Waals surface area contributed by atoms with Crippen molar-refractivity contribution in [1.82, 2.24) is 0 Å². The van der Waals surface area contributed by atoms with E-state index >= 15 is 0 Å². The Balaban J connectivity index is 2.43. The molecule has 5 atom stereocenters. The fourth-order valence-electron chi connectivity index (χ4n) is 3.06. The Kier molecular flexibility index (Phi) is 6.19. The molecule has 2 aliphatic heterocycles. The van der Waals surface area contributed by atoms with Gasteiger partial charge in [0.25, 0.3) is 0 Å². The molecule has 0 unspecified atom stereocenters. The van der Waals surface area contributed by atoms with Gasteiger partial charge in [0.1, 0.15) is 12.7 Å². The van der Waals surface area contributed by atoms with E-state index in [9.17, 15) is 19.2 Å². The van der Waals surface area contributed by atoms with E-state index in [2.05, 4.69) is 0 Å². The van der Waals surface area contributed by atoms with Gasteiger partial charge in [0, 0.05) is 34.1 Å². The normalized spacial score (nSPS) is 32.9. The van der Waals surface area contributed by atoms with Crippen LogP contribution < -0.4 is 0 Å². The average Bonchev–Trinajstić information content (AvgIpc) is 2.52. The lowest BCUT2D eigenvalue weighted by atomic mass is 9.88. The topological polar surface area (TPSA) is 124 Å². The van der Waals surface area contributed by atoms with Gasteiger partial charge >= 0.3 is 23.9 Å². The van der Waals surface area contributed by atoms with Crippen molar-refractivity contribution in [2.45, 2.75) is 64.3 Å². The van der Waals surface area contributed by atoms with Gasteiger partial charge in [-0.1, -0.05) is 0 Å². The van der Waals surface area contributed by atoms with Gasteiger partial charge in [0.15, 0.2) is 18.3 Å². The molecule has 2 fully saturated rings. The second-order valence-electron chi connectivity index (χ2n) is 6.06. The molecule has 0 aromatic heterocycles. The number of hydrogen-bond acceptors (Lipinski definition) is 10. The number of rotatable bonds is 5. The summed E-state index contributed by atoms with van der Waals surface area (Å²) in [6, 6.07) is 0. The van der Waals surface area contributed by atoms with Gasteiger partial charge in [-0.25, -0.2) is 0 Å². The lowest BCUT2D eigenvalue weighted by Crippen LogP contribution is -2.71. The number of carbonyl (C=O) groups excluding carboxylic acids is 4. The standard InChI is InChI=1S/C16H22O10/c1-8(17)21-7-16-15(25-11(4)20)14(24-10(3)19)13(23-9(2)18)12(26-16)5-6-22-16/h12-15H,5-7H2,1-4H3/t12-,13-,14-,15+,16+/m1/s1. The summed E-state index contributed by atoms with van der Waals surface area (Å²) < 4.78 is 32.4. The van der Waals surface area contributed by atoms with Crippen LogP contribution in [0.4, 0.5) is 0 Å². The van der Waals surface area contributed by atoms with Crippen molar-refractivity contribution in [1.29, 1.82) is 0 Å². The zero-order valence-corrected chi connectivity index (χ0v) is 15.0. The fourth-order valence-corrected chi connectivity index (χ4v) is 3.06. The fraction of sp³-hybridized carbons (Fsp3) is 0.750. The Morgan fingerprint density at radius 3 is 2.00 bits per heavy atom. The van der Waals surface area contributed by atoms with Crippen LogP contribution in [0, 0.1) is 0 Å². The molecule has 0 amide bonds. The summed E-state index contributed by atoms with van der Waals surface area (Å²) in [5.41, 5.74) is 0. The molecule has 10 nitrogen and oxygen atoms in total. The van der Waals surface area contributed by atoms with Crippen LogP contribution in [0.1, 0.15) is 34.1 Å². The Morgan fingerprint density at radius 1 is 0.885 bits per heavy atom. The zero-order valence-electron chi connectivity index (χ0n) is 15.0. The van der Waals surface area contributed by atoms with Crippen molar-refractivity contribution in [3.05, 3.63) is 0 Å². The molecule has 0 aromatic rings. The van der Waals surface area contributed by atoms with Crippen LogP contribution in [-0.4, -0.2) is 67.3 Å². The van der Waals surface area contributed by atoms with Crippen molar-refractivity contribution in [3.8, 4) is 0 Å². The van der Waals surface area contributed by atoms with Crippen molar-refractivity contribution in [2.75, 3.05) is 13.2 Å². The molecule has 0 radical (unpaired) electrons. The SMILES string of the molecule is CC(=O)OC[C@]12OCC[C@@H](O1)[C@@H](OC(C)=O)[C@@H](OC(C)=O)[C@@H]2OC(C)=O. The molecule has 10 heteroatoms. The highest BCUT2D eigenvalue weighted by Gasteiger charge is 2.63. The third-order valence-electron chi connectivity index (χ3n) is 3.90. The molecular weight excluding hydrogens is 352 g/mol. The predicted octanol–water partition coefficient (Wildman–Crippen LogP) is -0.140. The molecule has 0 saturated carbocycles. The van der Waals surface area contributed by atoms with Crippen molar-refractivity contribution < 1.29 is 47.6 Å². The van der Waals surface area contributed by atoms with E-state index in [1.807, 2.05) is 0 Å². The lowest BCUT2D eigenvalue weighted by Gasteiger charge is -2.53. The molecule has 2 aliphatic rings. The highest BCUT2D eigenvalue weighted by atomic mass is 16.8. The first-order valence-corrected chi connectivity index (χ1v) is 8.11. The summed E-state index contributed by atoms with van der Waals surface area (Å²) in [5.74, 6) is -4.26. The van der Waals surface area contributed by atoms with Crippen LogP contribution in [0.15, 0.2) is 0 Å². The van der Waals surface area contributed by atoms with Crippen LogP contribution in [0.25, 0.3) is 0 Å². The summed E-state index contributed by atoms with van der Waals surface area (Å²) in [6.07, 6.45) is -3.85. The molecule has 2 saturated heterocycles. The minimum Gasteiger partial charge on any atom is -0.460 e. The number of hydrogen-bond donors (Lipinski definition) is 0. The molecule has 0 N–H and O–H groups in total. The first-order valence-electron chi connectivity index (χ1n) is 8.11. The van der Waals surface area contributed by atoms with Gasteiger partial charge < -0.3 is 28.4 Å². The Labute approximate surface area is 150 Å². The van der Waals surface area contributed by atoms with Crippen molar-refractivity contribution in [3.63, 3.8) is 0 Å². The molecule has 2 rings (SSSR count). The van der Waals surface area contributed by atoms with Gasteiger partial charge in [-0.2, -0.15) is 0 Å². The number of esters is 4. The second kappa shape index (κ2) is 8.00. The minimum absolute atomic E-state index is 0.175. The van der Waals surface area contributed by atoms with E-state index in [0.29, 0.717) is 6.42 Å². The molecular formula is C16H22O10. The van der Waals surface area contributed by atoms with Crippen LogP contribution in [0.2, 0.25) is 0 Å². The first-order chi connectivity index (χ1) is 12.1. The van der Waals surface area contributed by atoms with Gasteiger partial charge in [-0.15, -0.1) is 0 Å². The van der Waals surface area contributed by atoms with Crippen LogP contribution >= 0.6 is 0 Å². The van der Waals surface area contributed by atoms with Crippen LogP contribution in [0.5, 0.6) is 0 Å². The Hall–Kier alpha value is -2.20. The van der Waals surface area contributed by atoms with E-state index in [4.69, 9.17) is 28.4 Å². The second-order valence-corrected chi connectivity index (χ2v) is 6.06. The average molecular weight is 374 g/mol. The number of carbonyl (C=O) groups is 4. The van der Waals surface area contributed by atoms with Gasteiger partial charge in [0.05, 0.1) is 6.61 Å². The van der Waals surface area contributed by atoms with Crippen molar-refractivity contribution in [2.24, 2.45) is 0 Å². The third kappa shape index (κ3) is 4.50. The largest absolute Gasteiger partial charge is 0.460 e. The summed E-state index contributed by atoms with van der Waals surface area (Å²) in [5, 5.41) is 0. The maximum Gasteiger partial charge on any atom is 0.303 e. The van der Waals surface area contributed by atoms with E-state index < -0.39 is 54.1 Å². The molecule has 2 heterocycles. The van der Waals surface area contributed by atoms with Crippen LogP contribution in [-0.2, 0) is 47.6 Å². The highest BCUT2D eigenvalue weighted by Crippen LogP contribution is 2.41. The van der Waals surface area contributed by atoms with E-state index in [1.54, 1.807) is 0 Å². The van der Waals surface area contributed by atoms with E-state index in [1.165, 1.54) is 20.8 Å².